The smallest absolute Gasteiger partial charge is 0.245 e. The van der Waals surface area contributed by atoms with Crippen molar-refractivity contribution in [2.75, 3.05) is 24.5 Å². The van der Waals surface area contributed by atoms with E-state index in [9.17, 15) is 14.4 Å². The topological polar surface area (TPSA) is 69.7 Å². The molecule has 0 radical (unpaired) electrons. The van der Waals surface area contributed by atoms with Gasteiger partial charge >= 0.3 is 0 Å². The zero-order valence-corrected chi connectivity index (χ0v) is 18.4. The molecule has 3 amide bonds. The van der Waals surface area contributed by atoms with Crippen LogP contribution in [-0.2, 0) is 19.8 Å². The lowest BCUT2D eigenvalue weighted by Crippen LogP contribution is -2.53. The van der Waals surface area contributed by atoms with Crippen LogP contribution in [0.25, 0.3) is 0 Å². The van der Waals surface area contributed by atoms with Crippen LogP contribution >= 0.6 is 0 Å². The highest BCUT2D eigenvalue weighted by molar-refractivity contribution is 5.94. The van der Waals surface area contributed by atoms with E-state index in [1.54, 1.807) is 16.7 Å². The SMILES string of the molecule is C=CC(=O)N1CCC(C(=O)NC2CCN(C(C)=O)c3ccccc32)(c2ccccc2)CC1. The summed E-state index contributed by atoms with van der Waals surface area (Å²) in [5.74, 6) is -0.120. The molecule has 0 aromatic heterocycles. The summed E-state index contributed by atoms with van der Waals surface area (Å²) < 4.78 is 0. The average Bonchev–Trinajstić information content (AvgIpc) is 2.84. The molecule has 166 valence electrons. The van der Waals surface area contributed by atoms with E-state index in [2.05, 4.69) is 11.9 Å². The van der Waals surface area contributed by atoms with Gasteiger partial charge in [0.25, 0.3) is 0 Å². The van der Waals surface area contributed by atoms with Crippen LogP contribution in [0, 0.1) is 0 Å². The van der Waals surface area contributed by atoms with Crippen molar-refractivity contribution in [3.8, 4) is 0 Å². The molecule has 32 heavy (non-hydrogen) atoms. The number of nitrogens with zero attached hydrogens (tertiary/aromatic N) is 2. The van der Waals surface area contributed by atoms with E-state index in [0.717, 1.165) is 16.8 Å². The Balaban J connectivity index is 1.62. The first-order chi connectivity index (χ1) is 15.5. The van der Waals surface area contributed by atoms with E-state index < -0.39 is 5.41 Å². The number of hydrogen-bond acceptors (Lipinski definition) is 3. The molecular weight excluding hydrogens is 402 g/mol. The number of likely N-dealkylation sites (tertiary alicyclic amines) is 1. The normalized spacial score (nSPS) is 19.6. The van der Waals surface area contributed by atoms with Crippen LogP contribution in [0.2, 0.25) is 0 Å². The van der Waals surface area contributed by atoms with Crippen LogP contribution < -0.4 is 10.2 Å². The van der Waals surface area contributed by atoms with Gasteiger partial charge < -0.3 is 15.1 Å². The minimum atomic E-state index is -0.703. The summed E-state index contributed by atoms with van der Waals surface area (Å²) in [5.41, 5.74) is 2.09. The molecule has 2 heterocycles. The van der Waals surface area contributed by atoms with Crippen molar-refractivity contribution in [3.63, 3.8) is 0 Å². The Morgan fingerprint density at radius 2 is 1.66 bits per heavy atom. The Kier molecular flexibility index (Phi) is 6.12. The minimum Gasteiger partial charge on any atom is -0.348 e. The Morgan fingerprint density at radius 1 is 1.00 bits per heavy atom. The summed E-state index contributed by atoms with van der Waals surface area (Å²) >= 11 is 0. The van der Waals surface area contributed by atoms with Crippen molar-refractivity contribution in [3.05, 3.63) is 78.4 Å². The monoisotopic (exact) mass is 431 g/mol. The largest absolute Gasteiger partial charge is 0.348 e. The standard InChI is InChI=1S/C26H29N3O3/c1-3-24(31)28-17-14-26(15-18-28,20-9-5-4-6-10-20)25(32)27-22-13-16-29(19(2)30)23-12-8-7-11-21(22)23/h3-12,22H,1,13-18H2,2H3,(H,27,32). The molecule has 0 saturated carbocycles. The number of fused-ring (bicyclic) bond motifs is 1. The molecule has 2 aliphatic heterocycles. The average molecular weight is 432 g/mol. The summed E-state index contributed by atoms with van der Waals surface area (Å²) in [4.78, 5) is 41.5. The molecule has 1 N–H and O–H groups in total. The van der Waals surface area contributed by atoms with Gasteiger partial charge in [-0.05, 0) is 42.5 Å². The van der Waals surface area contributed by atoms with Crippen LogP contribution in [0.5, 0.6) is 0 Å². The van der Waals surface area contributed by atoms with Crippen LogP contribution in [-0.4, -0.2) is 42.3 Å². The Hall–Kier alpha value is -3.41. The molecule has 1 unspecified atom stereocenters. The van der Waals surface area contributed by atoms with Gasteiger partial charge in [0.05, 0.1) is 11.5 Å². The molecule has 6 heteroatoms. The van der Waals surface area contributed by atoms with Gasteiger partial charge in [-0.3, -0.25) is 14.4 Å². The maximum Gasteiger partial charge on any atom is 0.245 e. The number of benzene rings is 2. The molecule has 2 aliphatic rings. The molecule has 4 rings (SSSR count). The fraction of sp³-hybridized carbons (Fsp3) is 0.346. The van der Waals surface area contributed by atoms with Crippen LogP contribution in [0.4, 0.5) is 5.69 Å². The Bertz CT molecular complexity index is 1030. The highest BCUT2D eigenvalue weighted by atomic mass is 16.2. The first kappa shape index (κ1) is 21.8. The zero-order chi connectivity index (χ0) is 22.7. The van der Waals surface area contributed by atoms with Gasteiger partial charge in [0.1, 0.15) is 0 Å². The third kappa shape index (κ3) is 3.93. The summed E-state index contributed by atoms with van der Waals surface area (Å²) in [7, 11) is 0. The molecular formula is C26H29N3O3. The van der Waals surface area contributed by atoms with E-state index >= 15 is 0 Å². The van der Waals surface area contributed by atoms with Gasteiger partial charge in [-0.15, -0.1) is 0 Å². The second-order valence-corrected chi connectivity index (χ2v) is 8.52. The van der Waals surface area contributed by atoms with Crippen LogP contribution in [0.3, 0.4) is 0 Å². The highest BCUT2D eigenvalue weighted by Crippen LogP contribution is 2.39. The van der Waals surface area contributed by atoms with E-state index in [1.807, 2.05) is 54.6 Å². The number of piperidine rings is 1. The van der Waals surface area contributed by atoms with E-state index in [1.165, 1.54) is 6.08 Å². The molecule has 1 saturated heterocycles. The highest BCUT2D eigenvalue weighted by Gasteiger charge is 2.44. The van der Waals surface area contributed by atoms with Crippen LogP contribution in [0.15, 0.2) is 67.3 Å². The first-order valence-electron chi connectivity index (χ1n) is 11.1. The summed E-state index contributed by atoms with van der Waals surface area (Å²) in [5, 5.41) is 3.30. The third-order valence-electron chi connectivity index (χ3n) is 6.79. The first-order valence-corrected chi connectivity index (χ1v) is 11.1. The summed E-state index contributed by atoms with van der Waals surface area (Å²) in [6.45, 7) is 6.73. The summed E-state index contributed by atoms with van der Waals surface area (Å²) in [6, 6.07) is 17.4. The third-order valence-corrected chi connectivity index (χ3v) is 6.79. The van der Waals surface area contributed by atoms with Gasteiger partial charge in [-0.2, -0.15) is 0 Å². The van der Waals surface area contributed by atoms with Crippen molar-refractivity contribution in [2.45, 2.75) is 37.6 Å². The molecule has 0 aliphatic carbocycles. The van der Waals surface area contributed by atoms with Crippen molar-refractivity contribution < 1.29 is 14.4 Å². The lowest BCUT2D eigenvalue weighted by Gasteiger charge is -2.42. The lowest BCUT2D eigenvalue weighted by atomic mass is 9.71. The van der Waals surface area contributed by atoms with Crippen molar-refractivity contribution >= 4 is 23.4 Å². The van der Waals surface area contributed by atoms with Crippen molar-refractivity contribution in [2.24, 2.45) is 0 Å². The molecule has 0 bridgehead atoms. The van der Waals surface area contributed by atoms with Gasteiger partial charge in [0.2, 0.25) is 17.7 Å². The number of hydrogen-bond donors (Lipinski definition) is 1. The fourth-order valence-electron chi connectivity index (χ4n) is 4.98. The molecule has 0 spiro atoms. The number of carbonyl (C=O) groups excluding carboxylic acids is 3. The number of anilines is 1. The number of carbonyl (C=O) groups is 3. The van der Waals surface area contributed by atoms with E-state index in [4.69, 9.17) is 0 Å². The molecule has 2 aromatic carbocycles. The van der Waals surface area contributed by atoms with Crippen molar-refractivity contribution in [1.29, 1.82) is 0 Å². The molecule has 1 fully saturated rings. The predicted molar refractivity (Wildman–Crippen MR) is 124 cm³/mol. The number of rotatable bonds is 4. The number of amides is 3. The summed E-state index contributed by atoms with van der Waals surface area (Å²) in [6.07, 6.45) is 3.09. The van der Waals surface area contributed by atoms with Gasteiger partial charge in [0, 0.05) is 32.2 Å². The molecule has 2 aromatic rings. The Morgan fingerprint density at radius 3 is 2.31 bits per heavy atom. The van der Waals surface area contributed by atoms with E-state index in [-0.39, 0.29) is 23.8 Å². The van der Waals surface area contributed by atoms with Crippen molar-refractivity contribution in [1.82, 2.24) is 10.2 Å². The van der Waals surface area contributed by atoms with Gasteiger partial charge in [0.15, 0.2) is 0 Å². The van der Waals surface area contributed by atoms with Gasteiger partial charge in [-0.25, -0.2) is 0 Å². The maximum atomic E-state index is 13.8. The van der Waals surface area contributed by atoms with Crippen LogP contribution in [0.1, 0.15) is 43.4 Å². The van der Waals surface area contributed by atoms with Gasteiger partial charge in [-0.1, -0.05) is 55.1 Å². The quantitative estimate of drug-likeness (QED) is 0.755. The number of nitrogens with one attached hydrogen (secondary N) is 1. The second-order valence-electron chi connectivity index (χ2n) is 8.52. The second kappa shape index (κ2) is 8.99. The fourth-order valence-corrected chi connectivity index (χ4v) is 4.98. The lowest BCUT2D eigenvalue weighted by molar-refractivity contribution is -0.134. The number of para-hydroxylation sites is 1. The zero-order valence-electron chi connectivity index (χ0n) is 18.4. The molecule has 6 nitrogen and oxygen atoms in total. The predicted octanol–water partition coefficient (Wildman–Crippen LogP) is 3.35. The maximum absolute atomic E-state index is 13.8. The minimum absolute atomic E-state index is 0.00207. The van der Waals surface area contributed by atoms with E-state index in [0.29, 0.717) is 38.9 Å². The molecule has 1 atom stereocenters. The Labute approximate surface area is 188 Å².